The van der Waals surface area contributed by atoms with Crippen LogP contribution in [-0.2, 0) is 33.4 Å². The first-order chi connectivity index (χ1) is 19.5. The van der Waals surface area contributed by atoms with Crippen molar-refractivity contribution < 1.29 is 48.7 Å². The lowest BCUT2D eigenvalue weighted by atomic mass is 9.79. The zero-order valence-corrected chi connectivity index (χ0v) is 26.4. The van der Waals surface area contributed by atoms with E-state index in [1.54, 1.807) is 33.8 Å². The standard InChI is InChI=1S/C32H50O10/c1-10-11-17(3)30-32(8,42-30)29(38)22-15-41-31(39)27(37)28(40-9)21(7)26(36)20(6)24(34)19(5)14-18(4)23(33)13-12-16(2)25(22)35/h10-11,14,16-18,20-22,24,27-30,34,37-38H,12-13,15H2,1-9H3/b11-10-,19-14+/t16-,17+,18+,20-,21-,22+,24+,27-,28+,29+,30-,32+/m1/s1. The summed E-state index contributed by atoms with van der Waals surface area (Å²) >= 11 is 0. The van der Waals surface area contributed by atoms with Gasteiger partial charge in [-0.05, 0) is 32.8 Å². The molecule has 0 aromatic carbocycles. The van der Waals surface area contributed by atoms with Gasteiger partial charge >= 0.3 is 5.97 Å². The van der Waals surface area contributed by atoms with Gasteiger partial charge in [-0.1, -0.05) is 52.8 Å². The number of carbonyl (C=O) groups is 4. The molecule has 3 N–H and O–H groups in total. The summed E-state index contributed by atoms with van der Waals surface area (Å²) in [7, 11) is 1.24. The topological polar surface area (TPSA) is 160 Å². The number of epoxide rings is 1. The number of hydrogen-bond acceptors (Lipinski definition) is 10. The first-order valence-corrected chi connectivity index (χ1v) is 14.9. The molecule has 0 aromatic heterocycles. The summed E-state index contributed by atoms with van der Waals surface area (Å²) in [6.07, 6.45) is -0.351. The summed E-state index contributed by atoms with van der Waals surface area (Å²) in [4.78, 5) is 52.8. The normalized spacial score (nSPS) is 41.0. The summed E-state index contributed by atoms with van der Waals surface area (Å²) in [5, 5.41) is 33.1. The molecule has 2 aliphatic heterocycles. The van der Waals surface area contributed by atoms with Crippen molar-refractivity contribution in [3.05, 3.63) is 23.8 Å². The molecule has 1 saturated heterocycles. The van der Waals surface area contributed by atoms with Crippen molar-refractivity contribution in [3.63, 3.8) is 0 Å². The maximum absolute atomic E-state index is 13.7. The highest BCUT2D eigenvalue weighted by Gasteiger charge is 2.62. The molecule has 2 rings (SSSR count). The van der Waals surface area contributed by atoms with Gasteiger partial charge in [0.1, 0.15) is 35.7 Å². The van der Waals surface area contributed by atoms with Crippen molar-refractivity contribution in [2.75, 3.05) is 13.7 Å². The predicted molar refractivity (Wildman–Crippen MR) is 155 cm³/mol. The largest absolute Gasteiger partial charge is 0.463 e. The Balaban J connectivity index is 2.45. The van der Waals surface area contributed by atoms with Crippen LogP contribution in [0.5, 0.6) is 0 Å². The molecule has 0 spiro atoms. The number of hydrogen-bond donors (Lipinski definition) is 3. The van der Waals surface area contributed by atoms with E-state index in [0.717, 1.165) is 0 Å². The Morgan fingerprint density at radius 1 is 1.05 bits per heavy atom. The van der Waals surface area contributed by atoms with Crippen LogP contribution < -0.4 is 0 Å². The molecule has 0 aliphatic carbocycles. The van der Waals surface area contributed by atoms with Crippen molar-refractivity contribution in [1.82, 2.24) is 0 Å². The lowest BCUT2D eigenvalue weighted by molar-refractivity contribution is -0.168. The number of Topliss-reactive ketones (excluding diaryl/α,β-unsaturated/α-hetero) is 3. The van der Waals surface area contributed by atoms with E-state index in [1.807, 2.05) is 26.0 Å². The number of esters is 1. The van der Waals surface area contributed by atoms with Crippen LogP contribution in [0.15, 0.2) is 23.8 Å². The van der Waals surface area contributed by atoms with Crippen LogP contribution in [0.1, 0.15) is 68.2 Å². The molecule has 42 heavy (non-hydrogen) atoms. The molecule has 12 atom stereocenters. The molecule has 0 amide bonds. The first kappa shape index (κ1) is 36.0. The molecule has 238 valence electrons. The van der Waals surface area contributed by atoms with Crippen molar-refractivity contribution in [2.45, 2.75) is 104 Å². The van der Waals surface area contributed by atoms with Crippen LogP contribution in [0, 0.1) is 35.5 Å². The quantitative estimate of drug-likeness (QED) is 0.245. The average molecular weight is 595 g/mol. The molecule has 2 heterocycles. The highest BCUT2D eigenvalue weighted by molar-refractivity contribution is 5.88. The second-order valence-corrected chi connectivity index (χ2v) is 12.4. The smallest absolute Gasteiger partial charge is 0.337 e. The maximum atomic E-state index is 13.7. The Hall–Kier alpha value is -2.24. The minimum absolute atomic E-state index is 0.0382. The van der Waals surface area contributed by atoms with E-state index in [2.05, 4.69) is 0 Å². The number of aliphatic hydroxyl groups excluding tert-OH is 3. The molecule has 0 unspecified atom stereocenters. The van der Waals surface area contributed by atoms with Crippen molar-refractivity contribution in [2.24, 2.45) is 35.5 Å². The minimum Gasteiger partial charge on any atom is -0.463 e. The number of rotatable bonds is 5. The van der Waals surface area contributed by atoms with Crippen LogP contribution in [0.3, 0.4) is 0 Å². The van der Waals surface area contributed by atoms with E-state index in [1.165, 1.54) is 21.0 Å². The second-order valence-electron chi connectivity index (χ2n) is 12.4. The highest BCUT2D eigenvalue weighted by Crippen LogP contribution is 2.47. The number of ether oxygens (including phenoxy) is 3. The van der Waals surface area contributed by atoms with E-state index in [-0.39, 0.29) is 30.6 Å². The highest BCUT2D eigenvalue weighted by atomic mass is 16.6. The van der Waals surface area contributed by atoms with Crippen molar-refractivity contribution in [1.29, 1.82) is 0 Å². The van der Waals surface area contributed by atoms with Gasteiger partial charge in [-0.25, -0.2) is 4.79 Å². The molecule has 0 saturated carbocycles. The fourth-order valence-corrected chi connectivity index (χ4v) is 6.04. The summed E-state index contributed by atoms with van der Waals surface area (Å²) in [6.45, 7) is 13.0. The maximum Gasteiger partial charge on any atom is 0.337 e. The van der Waals surface area contributed by atoms with Crippen molar-refractivity contribution >= 4 is 23.3 Å². The van der Waals surface area contributed by atoms with Crippen molar-refractivity contribution in [3.8, 4) is 0 Å². The monoisotopic (exact) mass is 594 g/mol. The molecule has 10 nitrogen and oxygen atoms in total. The third kappa shape index (κ3) is 8.02. The van der Waals surface area contributed by atoms with Gasteiger partial charge in [-0.3, -0.25) is 14.4 Å². The molecular formula is C32H50O10. The Morgan fingerprint density at radius 3 is 2.24 bits per heavy atom. The zero-order chi connectivity index (χ0) is 32.1. The molecule has 1 fully saturated rings. The number of methoxy groups -OCH3 is 1. The Bertz CT molecular complexity index is 1050. The third-order valence-corrected chi connectivity index (χ3v) is 9.09. The Morgan fingerprint density at radius 2 is 1.67 bits per heavy atom. The third-order valence-electron chi connectivity index (χ3n) is 9.09. The van der Waals surface area contributed by atoms with Crippen LogP contribution in [0.2, 0.25) is 0 Å². The molecule has 0 aromatic rings. The second kappa shape index (κ2) is 15.0. The van der Waals surface area contributed by atoms with Gasteiger partial charge in [0.05, 0.1) is 24.2 Å². The summed E-state index contributed by atoms with van der Waals surface area (Å²) in [5.74, 6) is -6.48. The molecule has 0 radical (unpaired) electrons. The van der Waals surface area contributed by atoms with E-state index < -0.39 is 83.7 Å². The Kier molecular flexibility index (Phi) is 12.8. The average Bonchev–Trinajstić information content (AvgIpc) is 3.66. The van der Waals surface area contributed by atoms with Crippen LogP contribution in [0.25, 0.3) is 0 Å². The molecule has 10 heteroatoms. The fourth-order valence-electron chi connectivity index (χ4n) is 6.04. The number of cyclic esters (lactones) is 1. The summed E-state index contributed by atoms with van der Waals surface area (Å²) in [5.41, 5.74) is -0.633. The lowest BCUT2D eigenvalue weighted by Crippen LogP contribution is -2.48. The van der Waals surface area contributed by atoms with Gasteiger partial charge in [0, 0.05) is 43.1 Å². The number of allylic oxidation sites excluding steroid dienone is 2. The van der Waals surface area contributed by atoms with E-state index in [9.17, 15) is 34.5 Å². The van der Waals surface area contributed by atoms with E-state index in [0.29, 0.717) is 5.57 Å². The molecule has 0 bridgehead atoms. The van der Waals surface area contributed by atoms with Gasteiger partial charge in [0.15, 0.2) is 6.10 Å². The van der Waals surface area contributed by atoms with Gasteiger partial charge in [0.2, 0.25) is 0 Å². The first-order valence-electron chi connectivity index (χ1n) is 14.9. The lowest BCUT2D eigenvalue weighted by Gasteiger charge is -2.30. The van der Waals surface area contributed by atoms with Gasteiger partial charge < -0.3 is 29.5 Å². The van der Waals surface area contributed by atoms with Crippen LogP contribution in [0.4, 0.5) is 0 Å². The van der Waals surface area contributed by atoms with Gasteiger partial charge in [-0.2, -0.15) is 0 Å². The Labute approximate surface area is 249 Å². The van der Waals surface area contributed by atoms with E-state index in [4.69, 9.17) is 14.2 Å². The van der Waals surface area contributed by atoms with Crippen LogP contribution >= 0.6 is 0 Å². The predicted octanol–water partition coefficient (Wildman–Crippen LogP) is 2.60. The number of carbonyl (C=O) groups excluding carboxylic acids is 4. The zero-order valence-electron chi connectivity index (χ0n) is 26.4. The van der Waals surface area contributed by atoms with Crippen LogP contribution in [-0.4, -0.2) is 88.5 Å². The molecular weight excluding hydrogens is 544 g/mol. The molecule has 2 aliphatic rings. The minimum atomic E-state index is -1.87. The van der Waals surface area contributed by atoms with E-state index >= 15 is 0 Å². The summed E-state index contributed by atoms with van der Waals surface area (Å²) < 4.78 is 16.6. The fraction of sp³-hybridized carbons (Fsp3) is 0.750. The van der Waals surface area contributed by atoms with Gasteiger partial charge in [0.25, 0.3) is 0 Å². The van der Waals surface area contributed by atoms with Gasteiger partial charge in [-0.15, -0.1) is 0 Å². The summed E-state index contributed by atoms with van der Waals surface area (Å²) in [6, 6.07) is 0. The number of ketones is 3. The number of aliphatic hydroxyl groups is 3. The SMILES string of the molecule is C/C=C\[C@H](C)[C@H]1O[C@@]1(C)[C@@H](O)[C@H]1COC(=O)[C@H](O)[C@@H](OC)[C@H](C)C(=O)[C@H](C)[C@@H](O)/C(C)=C/[C@H](C)C(=O)CC[C@@H](C)C1=O.